The van der Waals surface area contributed by atoms with Crippen LogP contribution in [0.15, 0.2) is 42.5 Å². The Hall–Kier alpha value is -2.69. The van der Waals surface area contributed by atoms with Crippen LogP contribution < -0.4 is 4.74 Å². The lowest BCUT2D eigenvalue weighted by molar-refractivity contribution is -0.138. The molecule has 21 heavy (non-hydrogen) atoms. The van der Waals surface area contributed by atoms with Gasteiger partial charge in [-0.15, -0.1) is 0 Å². The van der Waals surface area contributed by atoms with E-state index in [1.165, 1.54) is 19.2 Å². The molecule has 1 unspecified atom stereocenters. The summed E-state index contributed by atoms with van der Waals surface area (Å²) < 4.78 is 5.02. The molecule has 5 heteroatoms. The van der Waals surface area contributed by atoms with Gasteiger partial charge in [0, 0.05) is 0 Å². The van der Waals surface area contributed by atoms with Crippen LogP contribution in [0, 0.1) is 0 Å². The molecule has 2 aromatic carbocycles. The number of phenols is 2. The Balaban J connectivity index is 2.36. The number of aromatic hydroxyl groups is 2. The number of carbonyl (C=O) groups is 1. The SMILES string of the molecule is COc1cccc(CC(C(=O)O)c2cccc(O)c2)c1O. The average molecular weight is 288 g/mol. The summed E-state index contributed by atoms with van der Waals surface area (Å²) in [5.74, 6) is -1.65. The molecule has 0 bridgehead atoms. The van der Waals surface area contributed by atoms with E-state index in [0.29, 0.717) is 16.9 Å². The highest BCUT2D eigenvalue weighted by molar-refractivity contribution is 5.77. The van der Waals surface area contributed by atoms with Crippen LogP contribution in [0.2, 0.25) is 0 Å². The van der Waals surface area contributed by atoms with Crippen LogP contribution in [-0.2, 0) is 11.2 Å². The number of ether oxygens (including phenoxy) is 1. The summed E-state index contributed by atoms with van der Waals surface area (Å²) in [5.41, 5.74) is 0.954. The second-order valence-electron chi connectivity index (χ2n) is 4.66. The highest BCUT2D eigenvalue weighted by Crippen LogP contribution is 2.33. The van der Waals surface area contributed by atoms with E-state index < -0.39 is 11.9 Å². The first kappa shape index (κ1) is 14.7. The Morgan fingerprint density at radius 3 is 2.52 bits per heavy atom. The van der Waals surface area contributed by atoms with Crippen molar-refractivity contribution in [1.29, 1.82) is 0 Å². The monoisotopic (exact) mass is 288 g/mol. The number of rotatable bonds is 5. The van der Waals surface area contributed by atoms with Gasteiger partial charge in [-0.1, -0.05) is 24.3 Å². The van der Waals surface area contributed by atoms with Crippen molar-refractivity contribution in [2.75, 3.05) is 7.11 Å². The van der Waals surface area contributed by atoms with Crippen molar-refractivity contribution in [1.82, 2.24) is 0 Å². The predicted molar refractivity (Wildman–Crippen MR) is 76.8 cm³/mol. The number of phenolic OH excluding ortho intramolecular Hbond substituents is 2. The first-order valence-corrected chi connectivity index (χ1v) is 6.39. The maximum atomic E-state index is 11.5. The molecule has 0 amide bonds. The second kappa shape index (κ2) is 6.17. The lowest BCUT2D eigenvalue weighted by atomic mass is 9.91. The zero-order valence-corrected chi connectivity index (χ0v) is 11.5. The van der Waals surface area contributed by atoms with E-state index >= 15 is 0 Å². The molecule has 0 fully saturated rings. The number of hydrogen-bond acceptors (Lipinski definition) is 4. The topological polar surface area (TPSA) is 87.0 Å². The average Bonchev–Trinajstić information content (AvgIpc) is 2.45. The Kier molecular flexibility index (Phi) is 4.33. The van der Waals surface area contributed by atoms with E-state index in [4.69, 9.17) is 4.74 Å². The third-order valence-electron chi connectivity index (χ3n) is 3.30. The minimum atomic E-state index is -1.03. The summed E-state index contributed by atoms with van der Waals surface area (Å²) in [6.45, 7) is 0. The summed E-state index contributed by atoms with van der Waals surface area (Å²) in [4.78, 5) is 11.5. The van der Waals surface area contributed by atoms with Gasteiger partial charge in [0.2, 0.25) is 0 Å². The van der Waals surface area contributed by atoms with Crippen LogP contribution in [0.25, 0.3) is 0 Å². The molecule has 0 aliphatic heterocycles. The van der Waals surface area contributed by atoms with Gasteiger partial charge < -0.3 is 20.1 Å². The molecule has 0 aliphatic rings. The molecule has 3 N–H and O–H groups in total. The van der Waals surface area contributed by atoms with Gasteiger partial charge in [-0.2, -0.15) is 0 Å². The van der Waals surface area contributed by atoms with Crippen molar-refractivity contribution in [2.45, 2.75) is 12.3 Å². The maximum Gasteiger partial charge on any atom is 0.311 e. The molecule has 0 radical (unpaired) electrons. The van der Waals surface area contributed by atoms with E-state index in [-0.39, 0.29) is 17.9 Å². The molecule has 0 aromatic heterocycles. The smallest absolute Gasteiger partial charge is 0.311 e. The van der Waals surface area contributed by atoms with Crippen LogP contribution in [0.5, 0.6) is 17.2 Å². The molecule has 0 saturated heterocycles. The molecule has 0 heterocycles. The lowest BCUT2D eigenvalue weighted by Crippen LogP contribution is -2.14. The van der Waals surface area contributed by atoms with E-state index in [0.717, 1.165) is 0 Å². The minimum Gasteiger partial charge on any atom is -0.508 e. The van der Waals surface area contributed by atoms with Gasteiger partial charge >= 0.3 is 5.97 Å². The van der Waals surface area contributed by atoms with Crippen LogP contribution >= 0.6 is 0 Å². The van der Waals surface area contributed by atoms with Gasteiger partial charge in [-0.05, 0) is 35.7 Å². The van der Waals surface area contributed by atoms with E-state index in [1.54, 1.807) is 30.3 Å². The van der Waals surface area contributed by atoms with Gasteiger partial charge in [0.05, 0.1) is 13.0 Å². The van der Waals surface area contributed by atoms with Crippen molar-refractivity contribution in [3.05, 3.63) is 53.6 Å². The van der Waals surface area contributed by atoms with Gasteiger partial charge in [-0.25, -0.2) is 0 Å². The summed E-state index contributed by atoms with van der Waals surface area (Å²) >= 11 is 0. The molecular formula is C16H16O5. The molecule has 5 nitrogen and oxygen atoms in total. The first-order chi connectivity index (χ1) is 10.0. The van der Waals surface area contributed by atoms with E-state index in [9.17, 15) is 20.1 Å². The quantitative estimate of drug-likeness (QED) is 0.787. The number of methoxy groups -OCH3 is 1. The number of benzene rings is 2. The van der Waals surface area contributed by atoms with Crippen molar-refractivity contribution < 1.29 is 24.9 Å². The van der Waals surface area contributed by atoms with E-state index in [2.05, 4.69) is 0 Å². The van der Waals surface area contributed by atoms with Crippen molar-refractivity contribution in [3.63, 3.8) is 0 Å². The first-order valence-electron chi connectivity index (χ1n) is 6.39. The Bertz CT molecular complexity index is 651. The van der Waals surface area contributed by atoms with Crippen molar-refractivity contribution >= 4 is 5.97 Å². The van der Waals surface area contributed by atoms with Crippen molar-refractivity contribution in [2.24, 2.45) is 0 Å². The van der Waals surface area contributed by atoms with Crippen LogP contribution in [0.3, 0.4) is 0 Å². The molecule has 110 valence electrons. The zero-order valence-electron chi connectivity index (χ0n) is 11.5. The molecule has 2 aromatic rings. The van der Waals surface area contributed by atoms with Gasteiger partial charge in [-0.3, -0.25) is 4.79 Å². The molecule has 0 aliphatic carbocycles. The number of para-hydroxylation sites is 1. The minimum absolute atomic E-state index is 0.00798. The largest absolute Gasteiger partial charge is 0.508 e. The molecule has 1 atom stereocenters. The highest BCUT2D eigenvalue weighted by atomic mass is 16.5. The molecule has 0 spiro atoms. The number of aliphatic carboxylic acids is 1. The standard InChI is InChI=1S/C16H16O5/c1-21-14-7-3-5-11(15(14)18)9-13(16(19)20)10-4-2-6-12(17)8-10/h2-8,13,17-18H,9H2,1H3,(H,19,20). The Morgan fingerprint density at radius 2 is 1.90 bits per heavy atom. The van der Waals surface area contributed by atoms with Crippen LogP contribution in [0.4, 0.5) is 0 Å². The Labute approximate surface area is 122 Å². The van der Waals surface area contributed by atoms with Gasteiger partial charge in [0.15, 0.2) is 11.5 Å². The molecule has 2 rings (SSSR count). The Morgan fingerprint density at radius 1 is 1.19 bits per heavy atom. The predicted octanol–water partition coefficient (Wildman–Crippen LogP) is 2.52. The summed E-state index contributed by atoms with van der Waals surface area (Å²) in [6.07, 6.45) is 0.0990. The fourth-order valence-electron chi connectivity index (χ4n) is 2.21. The van der Waals surface area contributed by atoms with Crippen molar-refractivity contribution in [3.8, 4) is 17.2 Å². The third-order valence-corrected chi connectivity index (χ3v) is 3.30. The van der Waals surface area contributed by atoms with Crippen LogP contribution in [-0.4, -0.2) is 28.4 Å². The summed E-state index contributed by atoms with van der Waals surface area (Å²) in [5, 5.41) is 28.9. The number of carboxylic acid groups (broad SMARTS) is 1. The van der Waals surface area contributed by atoms with Crippen LogP contribution in [0.1, 0.15) is 17.0 Å². The lowest BCUT2D eigenvalue weighted by Gasteiger charge is -2.15. The van der Waals surface area contributed by atoms with Gasteiger partial charge in [0.1, 0.15) is 5.75 Å². The highest BCUT2D eigenvalue weighted by Gasteiger charge is 2.23. The van der Waals surface area contributed by atoms with Gasteiger partial charge in [0.25, 0.3) is 0 Å². The fourth-order valence-corrected chi connectivity index (χ4v) is 2.21. The normalized spacial score (nSPS) is 11.9. The molecule has 0 saturated carbocycles. The third kappa shape index (κ3) is 3.25. The second-order valence-corrected chi connectivity index (χ2v) is 4.66. The van der Waals surface area contributed by atoms with E-state index in [1.807, 2.05) is 0 Å². The summed E-state index contributed by atoms with van der Waals surface area (Å²) in [6, 6.07) is 11.1. The maximum absolute atomic E-state index is 11.5. The molecular weight excluding hydrogens is 272 g/mol. The number of carboxylic acids is 1. The number of hydrogen-bond donors (Lipinski definition) is 3. The zero-order chi connectivity index (χ0) is 15.4. The summed E-state index contributed by atoms with van der Waals surface area (Å²) in [7, 11) is 1.43. The fraction of sp³-hybridized carbons (Fsp3) is 0.188.